The molecule has 0 aromatic carbocycles. The number of piperidine rings is 1. The molecule has 2 atom stereocenters. The third kappa shape index (κ3) is 9.81. The van der Waals surface area contributed by atoms with Crippen LogP contribution in [-0.4, -0.2) is 47.7 Å². The SMILES string of the molecule is COC(=O)C1CCNC(c2ccc(C(F)(F)F)nc2)C1.COC(=O)c1ccnc(-c2ccc(C(F)(F)F)nc2)c1.Cl.Cl. The van der Waals surface area contributed by atoms with Gasteiger partial charge in [-0.3, -0.25) is 19.7 Å². The van der Waals surface area contributed by atoms with Crippen molar-refractivity contribution in [1.29, 1.82) is 0 Å². The van der Waals surface area contributed by atoms with Crippen molar-refractivity contribution in [1.82, 2.24) is 20.3 Å². The molecule has 0 bridgehead atoms. The predicted octanol–water partition coefficient (Wildman–Crippen LogP) is 6.11. The first-order valence-corrected chi connectivity index (χ1v) is 11.8. The number of rotatable bonds is 4. The number of nitrogens with one attached hydrogen (secondary N) is 1. The molecule has 42 heavy (non-hydrogen) atoms. The Balaban J connectivity index is 0.000000401. The maximum atomic E-state index is 12.4. The van der Waals surface area contributed by atoms with Crippen molar-refractivity contribution in [2.24, 2.45) is 5.92 Å². The number of esters is 2. The zero-order valence-electron chi connectivity index (χ0n) is 22.0. The van der Waals surface area contributed by atoms with E-state index < -0.39 is 29.7 Å². The fourth-order valence-corrected chi connectivity index (χ4v) is 3.88. The number of hydrogen-bond donors (Lipinski definition) is 1. The summed E-state index contributed by atoms with van der Waals surface area (Å²) in [6.45, 7) is 0.617. The van der Waals surface area contributed by atoms with E-state index >= 15 is 0 Å². The lowest BCUT2D eigenvalue weighted by molar-refractivity contribution is -0.146. The highest BCUT2D eigenvalue weighted by Crippen LogP contribution is 2.31. The van der Waals surface area contributed by atoms with Crippen molar-refractivity contribution >= 4 is 36.8 Å². The minimum absolute atomic E-state index is 0. The van der Waals surface area contributed by atoms with E-state index in [0.29, 0.717) is 36.2 Å². The molecule has 8 nitrogen and oxygen atoms in total. The molecule has 0 spiro atoms. The van der Waals surface area contributed by atoms with Crippen molar-refractivity contribution in [2.45, 2.75) is 31.2 Å². The summed E-state index contributed by atoms with van der Waals surface area (Å²) >= 11 is 0. The summed E-state index contributed by atoms with van der Waals surface area (Å²) in [5.74, 6) is -1.06. The largest absolute Gasteiger partial charge is 0.469 e. The number of ether oxygens (including phenoxy) is 2. The van der Waals surface area contributed by atoms with E-state index in [1.807, 2.05) is 0 Å². The number of carbonyl (C=O) groups excluding carboxylic acids is 2. The minimum atomic E-state index is -4.49. The molecule has 4 heterocycles. The van der Waals surface area contributed by atoms with Crippen LogP contribution in [-0.2, 0) is 26.6 Å². The van der Waals surface area contributed by atoms with Crippen LogP contribution >= 0.6 is 24.8 Å². The quantitative estimate of drug-likeness (QED) is 0.269. The minimum Gasteiger partial charge on any atom is -0.469 e. The van der Waals surface area contributed by atoms with Crippen molar-refractivity contribution < 1.29 is 45.4 Å². The van der Waals surface area contributed by atoms with Gasteiger partial charge in [0.2, 0.25) is 0 Å². The van der Waals surface area contributed by atoms with E-state index in [0.717, 1.165) is 18.3 Å². The van der Waals surface area contributed by atoms with Gasteiger partial charge in [0, 0.05) is 30.2 Å². The second kappa shape index (κ2) is 15.7. The number of alkyl halides is 6. The molecule has 0 aliphatic carbocycles. The Morgan fingerprint density at radius 2 is 1.48 bits per heavy atom. The predicted molar refractivity (Wildman–Crippen MR) is 143 cm³/mol. The van der Waals surface area contributed by atoms with Gasteiger partial charge in [-0.1, -0.05) is 6.07 Å². The molecule has 4 rings (SSSR count). The number of carbonyl (C=O) groups is 2. The Hall–Kier alpha value is -3.49. The summed E-state index contributed by atoms with van der Waals surface area (Å²) in [4.78, 5) is 33.6. The number of hydrogen-bond acceptors (Lipinski definition) is 8. The molecule has 1 saturated heterocycles. The maximum Gasteiger partial charge on any atom is 0.433 e. The van der Waals surface area contributed by atoms with Crippen LogP contribution in [0.15, 0.2) is 55.0 Å². The van der Waals surface area contributed by atoms with Gasteiger partial charge in [-0.15, -0.1) is 24.8 Å². The van der Waals surface area contributed by atoms with Crippen LogP contribution < -0.4 is 5.32 Å². The summed E-state index contributed by atoms with van der Waals surface area (Å²) < 4.78 is 83.8. The molecule has 16 heteroatoms. The summed E-state index contributed by atoms with van der Waals surface area (Å²) in [6, 6.07) is 7.17. The molecule has 0 radical (unpaired) electrons. The molecular weight excluding hydrogens is 617 g/mol. The average Bonchev–Trinajstić information content (AvgIpc) is 2.96. The molecule has 2 unspecified atom stereocenters. The van der Waals surface area contributed by atoms with Gasteiger partial charge in [0.05, 0.1) is 31.4 Å². The van der Waals surface area contributed by atoms with Crippen molar-refractivity contribution in [2.75, 3.05) is 20.8 Å². The molecule has 230 valence electrons. The van der Waals surface area contributed by atoms with Crippen LogP contribution in [0.3, 0.4) is 0 Å². The molecule has 3 aromatic heterocycles. The first-order valence-electron chi connectivity index (χ1n) is 11.8. The third-order valence-electron chi connectivity index (χ3n) is 5.95. The Morgan fingerprint density at radius 3 is 1.98 bits per heavy atom. The Bertz CT molecular complexity index is 1310. The molecule has 3 aromatic rings. The fourth-order valence-electron chi connectivity index (χ4n) is 3.88. The van der Waals surface area contributed by atoms with Gasteiger partial charge in [-0.05, 0) is 55.3 Å². The normalized spacial score (nSPS) is 16.5. The van der Waals surface area contributed by atoms with Crippen molar-refractivity contribution in [3.05, 3.63) is 77.5 Å². The molecule has 1 N–H and O–H groups in total. The molecule has 0 amide bonds. The number of pyridine rings is 3. The zero-order chi connectivity index (χ0) is 29.5. The summed E-state index contributed by atoms with van der Waals surface area (Å²) in [7, 11) is 2.57. The van der Waals surface area contributed by atoms with E-state index in [1.165, 1.54) is 50.9 Å². The molecule has 1 aliphatic heterocycles. The van der Waals surface area contributed by atoms with E-state index in [9.17, 15) is 35.9 Å². The second-order valence-electron chi connectivity index (χ2n) is 8.58. The standard InChI is InChI=1S/C13H15F3N2O2.C13H9F3N2O2.2ClH/c2*1-20-12(19)8-4-5-17-10(6-8)9-2-3-11(18-7-9)13(14,15)16;;/h2-3,7-8,10,17H,4-6H2,1H3;2-7H,1H3;2*1H. The van der Waals surface area contributed by atoms with Gasteiger partial charge in [0.25, 0.3) is 0 Å². The molecule has 0 saturated carbocycles. The monoisotopic (exact) mass is 642 g/mol. The van der Waals surface area contributed by atoms with Gasteiger partial charge >= 0.3 is 24.3 Å². The lowest BCUT2D eigenvalue weighted by Crippen LogP contribution is -2.35. The van der Waals surface area contributed by atoms with E-state index in [4.69, 9.17) is 4.74 Å². The van der Waals surface area contributed by atoms with Crippen LogP contribution in [0.4, 0.5) is 26.3 Å². The lowest BCUT2D eigenvalue weighted by atomic mass is 9.89. The second-order valence-corrected chi connectivity index (χ2v) is 8.58. The smallest absolute Gasteiger partial charge is 0.433 e. The fraction of sp³-hybridized carbons (Fsp3) is 0.346. The average molecular weight is 643 g/mol. The lowest BCUT2D eigenvalue weighted by Gasteiger charge is -2.29. The van der Waals surface area contributed by atoms with Crippen LogP contribution in [0.25, 0.3) is 11.3 Å². The number of aromatic nitrogens is 3. The van der Waals surface area contributed by atoms with E-state index in [2.05, 4.69) is 25.0 Å². The summed E-state index contributed by atoms with van der Waals surface area (Å²) in [5.41, 5.74) is -0.270. The molecular formula is C26H26Cl2F6N4O4. The van der Waals surface area contributed by atoms with Crippen LogP contribution in [0.1, 0.15) is 46.2 Å². The van der Waals surface area contributed by atoms with Gasteiger partial charge in [0.1, 0.15) is 11.4 Å². The van der Waals surface area contributed by atoms with Gasteiger partial charge < -0.3 is 14.8 Å². The number of methoxy groups -OCH3 is 2. The topological polar surface area (TPSA) is 103 Å². The number of halogens is 8. The molecule has 1 fully saturated rings. The van der Waals surface area contributed by atoms with Crippen LogP contribution in [0, 0.1) is 5.92 Å². The van der Waals surface area contributed by atoms with Crippen LogP contribution in [0.5, 0.6) is 0 Å². The van der Waals surface area contributed by atoms with Gasteiger partial charge in [-0.25, -0.2) is 4.79 Å². The summed E-state index contributed by atoms with van der Waals surface area (Å²) in [6.07, 6.45) is -4.12. The zero-order valence-corrected chi connectivity index (χ0v) is 23.7. The van der Waals surface area contributed by atoms with Gasteiger partial charge in [-0.2, -0.15) is 26.3 Å². The first kappa shape index (κ1) is 36.5. The summed E-state index contributed by atoms with van der Waals surface area (Å²) in [5, 5.41) is 3.17. The Kier molecular flexibility index (Phi) is 13.6. The van der Waals surface area contributed by atoms with Crippen molar-refractivity contribution in [3.63, 3.8) is 0 Å². The van der Waals surface area contributed by atoms with Crippen molar-refractivity contribution in [3.8, 4) is 11.3 Å². The highest BCUT2D eigenvalue weighted by atomic mass is 35.5. The highest BCUT2D eigenvalue weighted by molar-refractivity contribution is 5.90. The first-order chi connectivity index (χ1) is 18.8. The van der Waals surface area contributed by atoms with Crippen LogP contribution in [0.2, 0.25) is 0 Å². The highest BCUT2D eigenvalue weighted by Gasteiger charge is 2.34. The van der Waals surface area contributed by atoms with E-state index in [-0.39, 0.29) is 48.3 Å². The third-order valence-corrected chi connectivity index (χ3v) is 5.95. The number of nitrogens with zero attached hydrogens (tertiary/aromatic N) is 3. The maximum absolute atomic E-state index is 12.4. The van der Waals surface area contributed by atoms with Gasteiger partial charge in [0.15, 0.2) is 0 Å². The molecule has 1 aliphatic rings. The van der Waals surface area contributed by atoms with E-state index in [1.54, 1.807) is 0 Å². The Morgan fingerprint density at radius 1 is 0.857 bits per heavy atom. The Labute approximate surface area is 249 Å².